The molecule has 0 aliphatic heterocycles. The molecule has 0 saturated heterocycles. The van der Waals surface area contributed by atoms with E-state index in [9.17, 15) is 0 Å². The van der Waals surface area contributed by atoms with Crippen LogP contribution >= 0.6 is 0 Å². The van der Waals surface area contributed by atoms with E-state index in [1.54, 1.807) is 0 Å². The van der Waals surface area contributed by atoms with Crippen LogP contribution in [-0.4, -0.2) is 24.2 Å². The number of hydrogen-bond acceptors (Lipinski definition) is 0. The van der Waals surface area contributed by atoms with Crippen molar-refractivity contribution in [1.82, 2.24) is 0 Å². The van der Waals surface area contributed by atoms with Gasteiger partial charge in [-0.2, -0.15) is 0 Å². The van der Waals surface area contributed by atoms with Crippen LogP contribution < -0.4 is 0 Å². The molecule has 0 amide bonds. The molecule has 0 saturated carbocycles. The molecule has 0 atom stereocenters. The van der Waals surface area contributed by atoms with Crippen molar-refractivity contribution in [3.8, 4) is 34.4 Å². The zero-order chi connectivity index (χ0) is 15.3. The molecule has 0 radical (unpaired) electrons. The lowest BCUT2D eigenvalue weighted by Gasteiger charge is -2.07. The predicted octanol–water partition coefficient (Wildman–Crippen LogP) is 4.25. The highest BCUT2D eigenvalue weighted by Crippen LogP contribution is 2.03. The molecular formula is C16H28Si3. The van der Waals surface area contributed by atoms with E-state index in [2.05, 4.69) is 93.3 Å². The van der Waals surface area contributed by atoms with Crippen molar-refractivity contribution in [3.05, 3.63) is 0 Å². The molecule has 0 bridgehead atoms. The number of rotatable bonds is 0. The molecule has 0 N–H and O–H groups in total. The standard InChI is InChI=1S/C16H28Si3/c1-17(2,3)13-10-16(11-14-18(4,5)6)12-15-19(7,8)9/h16H,1-9H3. The maximum absolute atomic E-state index is 3.41. The van der Waals surface area contributed by atoms with Crippen molar-refractivity contribution in [2.45, 2.75) is 58.9 Å². The molecular weight excluding hydrogens is 276 g/mol. The van der Waals surface area contributed by atoms with Gasteiger partial charge in [0.15, 0.2) is 0 Å². The fourth-order valence-electron chi connectivity index (χ4n) is 0.974. The monoisotopic (exact) mass is 304 g/mol. The summed E-state index contributed by atoms with van der Waals surface area (Å²) in [6.45, 7) is 20.3. The molecule has 0 aliphatic carbocycles. The second-order valence-electron chi connectivity index (χ2n) is 7.99. The van der Waals surface area contributed by atoms with E-state index in [0.717, 1.165) is 0 Å². The minimum atomic E-state index is -1.34. The van der Waals surface area contributed by atoms with Crippen LogP contribution in [0.2, 0.25) is 58.9 Å². The third-order valence-corrected chi connectivity index (χ3v) is 4.46. The molecule has 0 rings (SSSR count). The molecule has 0 fully saturated rings. The van der Waals surface area contributed by atoms with Gasteiger partial charge >= 0.3 is 0 Å². The lowest BCUT2D eigenvalue weighted by molar-refractivity contribution is 1.24. The van der Waals surface area contributed by atoms with Crippen molar-refractivity contribution >= 4 is 24.2 Å². The van der Waals surface area contributed by atoms with Crippen LogP contribution in [0, 0.1) is 40.3 Å². The largest absolute Gasteiger partial charge is 0.139 e. The molecule has 19 heavy (non-hydrogen) atoms. The van der Waals surface area contributed by atoms with E-state index in [4.69, 9.17) is 0 Å². The quantitative estimate of drug-likeness (QED) is 0.464. The Morgan fingerprint density at radius 3 is 0.842 bits per heavy atom. The van der Waals surface area contributed by atoms with E-state index in [1.165, 1.54) is 0 Å². The van der Waals surface area contributed by atoms with Crippen molar-refractivity contribution in [2.24, 2.45) is 5.92 Å². The van der Waals surface area contributed by atoms with Crippen molar-refractivity contribution in [3.63, 3.8) is 0 Å². The fraction of sp³-hybridized carbons (Fsp3) is 0.625. The van der Waals surface area contributed by atoms with Crippen LogP contribution in [0.15, 0.2) is 0 Å². The van der Waals surface area contributed by atoms with Gasteiger partial charge in [0.1, 0.15) is 30.1 Å². The van der Waals surface area contributed by atoms with Crippen LogP contribution in [0.4, 0.5) is 0 Å². The Morgan fingerprint density at radius 2 is 0.684 bits per heavy atom. The lowest BCUT2D eigenvalue weighted by atomic mass is 10.2. The van der Waals surface area contributed by atoms with E-state index in [0.29, 0.717) is 0 Å². The molecule has 104 valence electrons. The smallest absolute Gasteiger partial charge is 0.130 e. The minimum Gasteiger partial charge on any atom is -0.130 e. The Labute approximate surface area is 123 Å². The topological polar surface area (TPSA) is 0 Å². The van der Waals surface area contributed by atoms with Crippen molar-refractivity contribution < 1.29 is 0 Å². The van der Waals surface area contributed by atoms with Gasteiger partial charge < -0.3 is 0 Å². The zero-order valence-corrected chi connectivity index (χ0v) is 17.1. The van der Waals surface area contributed by atoms with Crippen molar-refractivity contribution in [2.75, 3.05) is 0 Å². The van der Waals surface area contributed by atoms with E-state index < -0.39 is 24.2 Å². The van der Waals surface area contributed by atoms with Gasteiger partial charge in [-0.25, -0.2) is 0 Å². The highest BCUT2D eigenvalue weighted by Gasteiger charge is 2.11. The maximum Gasteiger partial charge on any atom is 0.139 e. The van der Waals surface area contributed by atoms with Crippen LogP contribution in [0.3, 0.4) is 0 Å². The van der Waals surface area contributed by atoms with Crippen molar-refractivity contribution in [1.29, 1.82) is 0 Å². The summed E-state index contributed by atoms with van der Waals surface area (Å²) in [7, 11) is -4.03. The third-order valence-electron chi connectivity index (χ3n) is 1.77. The van der Waals surface area contributed by atoms with Gasteiger partial charge in [0.2, 0.25) is 0 Å². The van der Waals surface area contributed by atoms with Crippen LogP contribution in [0.5, 0.6) is 0 Å². The Hall–Kier alpha value is -0.669. The van der Waals surface area contributed by atoms with Crippen LogP contribution in [0.25, 0.3) is 0 Å². The Balaban J connectivity index is 5.30. The van der Waals surface area contributed by atoms with E-state index >= 15 is 0 Å². The minimum absolute atomic E-state index is 0.0508. The Morgan fingerprint density at radius 1 is 0.474 bits per heavy atom. The first-order chi connectivity index (χ1) is 8.29. The lowest BCUT2D eigenvalue weighted by Crippen LogP contribution is -2.19. The molecule has 0 aromatic heterocycles. The number of hydrogen-bond donors (Lipinski definition) is 0. The molecule has 3 heteroatoms. The maximum atomic E-state index is 3.41. The SMILES string of the molecule is C[Si](C)(C)C#CC(C#C[Si](C)(C)C)C#C[Si](C)(C)C. The van der Waals surface area contributed by atoms with Crippen LogP contribution in [0.1, 0.15) is 0 Å². The van der Waals surface area contributed by atoms with Gasteiger partial charge in [-0.3, -0.25) is 0 Å². The molecule has 0 spiro atoms. The molecule has 0 heterocycles. The Kier molecular flexibility index (Phi) is 6.43. The summed E-state index contributed by atoms with van der Waals surface area (Å²) in [5.41, 5.74) is 10.2. The van der Waals surface area contributed by atoms with Gasteiger partial charge in [0.05, 0.1) is 0 Å². The normalized spacial score (nSPS) is 11.7. The summed E-state index contributed by atoms with van der Waals surface area (Å²) in [5.74, 6) is 9.89. The highest BCUT2D eigenvalue weighted by molar-refractivity contribution is 6.84. The fourth-order valence-corrected chi connectivity index (χ4v) is 2.71. The predicted molar refractivity (Wildman–Crippen MR) is 96.9 cm³/mol. The summed E-state index contributed by atoms with van der Waals surface area (Å²) in [4.78, 5) is 0. The first-order valence-corrected chi connectivity index (χ1v) is 17.4. The first-order valence-electron chi connectivity index (χ1n) is 6.87. The summed E-state index contributed by atoms with van der Waals surface area (Å²) in [6.07, 6.45) is 0. The second kappa shape index (κ2) is 6.67. The molecule has 0 aromatic carbocycles. The summed E-state index contributed by atoms with van der Waals surface area (Å²) < 4.78 is 0. The van der Waals surface area contributed by atoms with Crippen LogP contribution in [-0.2, 0) is 0 Å². The van der Waals surface area contributed by atoms with E-state index in [1.807, 2.05) is 0 Å². The van der Waals surface area contributed by atoms with Gasteiger partial charge in [0, 0.05) is 0 Å². The van der Waals surface area contributed by atoms with Gasteiger partial charge in [-0.05, 0) is 0 Å². The van der Waals surface area contributed by atoms with Gasteiger partial charge in [0.25, 0.3) is 0 Å². The third kappa shape index (κ3) is 13.6. The molecule has 0 aliphatic rings. The highest BCUT2D eigenvalue weighted by atomic mass is 28.3. The van der Waals surface area contributed by atoms with Gasteiger partial charge in [-0.1, -0.05) is 76.7 Å². The van der Waals surface area contributed by atoms with E-state index in [-0.39, 0.29) is 5.92 Å². The second-order valence-corrected chi connectivity index (χ2v) is 22.2. The Bertz CT molecular complexity index is 401. The molecule has 0 unspecified atom stereocenters. The van der Waals surface area contributed by atoms with Gasteiger partial charge in [-0.15, -0.1) is 16.6 Å². The molecule has 0 nitrogen and oxygen atoms in total. The molecule has 0 aromatic rings. The average Bonchev–Trinajstić information content (AvgIpc) is 2.11. The summed E-state index contributed by atoms with van der Waals surface area (Å²) >= 11 is 0. The summed E-state index contributed by atoms with van der Waals surface area (Å²) in [6, 6.07) is 0. The average molecular weight is 305 g/mol. The zero-order valence-electron chi connectivity index (χ0n) is 14.1. The first kappa shape index (κ1) is 18.3. The summed E-state index contributed by atoms with van der Waals surface area (Å²) in [5, 5.41) is 0.